The first-order chi connectivity index (χ1) is 8.18. The molecule has 1 aliphatic rings. The van der Waals surface area contributed by atoms with Crippen molar-refractivity contribution in [2.45, 2.75) is 25.0 Å². The lowest BCUT2D eigenvalue weighted by atomic mass is 10.1. The number of hydrogen-bond acceptors (Lipinski definition) is 3. The van der Waals surface area contributed by atoms with E-state index in [1.807, 2.05) is 30.3 Å². The van der Waals surface area contributed by atoms with Gasteiger partial charge in [0.25, 0.3) is 0 Å². The molecule has 1 saturated carbocycles. The Kier molecular flexibility index (Phi) is 3.76. The number of aliphatic hydroxyl groups excluding tert-OH is 1. The van der Waals surface area contributed by atoms with Crippen molar-refractivity contribution in [3.8, 4) is 0 Å². The molecule has 2 unspecified atom stereocenters. The second-order valence-corrected chi connectivity index (χ2v) is 4.54. The number of aliphatic hydroxyl groups is 1. The molecule has 1 fully saturated rings. The van der Waals surface area contributed by atoms with Crippen LogP contribution in [0.1, 0.15) is 24.4 Å². The summed E-state index contributed by atoms with van der Waals surface area (Å²) in [6.45, 7) is 0.296. The van der Waals surface area contributed by atoms with E-state index in [0.29, 0.717) is 12.5 Å². The number of carbonyl (C=O) groups is 1. The van der Waals surface area contributed by atoms with E-state index in [4.69, 9.17) is 5.73 Å². The number of amides is 1. The third-order valence-corrected chi connectivity index (χ3v) is 3.09. The first kappa shape index (κ1) is 12.1. The number of rotatable bonds is 5. The van der Waals surface area contributed by atoms with Crippen LogP contribution in [0.5, 0.6) is 0 Å². The van der Waals surface area contributed by atoms with E-state index in [0.717, 1.165) is 18.4 Å². The molecule has 4 N–H and O–H groups in total. The minimum Gasteiger partial charge on any atom is -0.391 e. The van der Waals surface area contributed by atoms with Crippen molar-refractivity contribution in [3.63, 3.8) is 0 Å². The van der Waals surface area contributed by atoms with Crippen LogP contribution in [0.4, 0.5) is 0 Å². The summed E-state index contributed by atoms with van der Waals surface area (Å²) in [5.74, 6) is 0.124. The van der Waals surface area contributed by atoms with Crippen molar-refractivity contribution in [2.24, 2.45) is 11.7 Å². The Labute approximate surface area is 101 Å². The van der Waals surface area contributed by atoms with Crippen LogP contribution >= 0.6 is 0 Å². The van der Waals surface area contributed by atoms with Crippen LogP contribution in [0.2, 0.25) is 0 Å². The van der Waals surface area contributed by atoms with Crippen LogP contribution in [-0.4, -0.2) is 23.7 Å². The number of carbonyl (C=O) groups excluding carboxylic acids is 1. The highest BCUT2D eigenvalue weighted by molar-refractivity contribution is 5.82. The van der Waals surface area contributed by atoms with E-state index in [1.165, 1.54) is 0 Å². The first-order valence-corrected chi connectivity index (χ1v) is 5.95. The maximum atomic E-state index is 11.7. The summed E-state index contributed by atoms with van der Waals surface area (Å²) in [5, 5.41) is 12.3. The maximum absolute atomic E-state index is 11.7. The minimum absolute atomic E-state index is 0.240. The van der Waals surface area contributed by atoms with Crippen molar-refractivity contribution in [2.75, 3.05) is 6.54 Å². The van der Waals surface area contributed by atoms with Gasteiger partial charge in [0.1, 0.15) is 6.04 Å². The molecule has 1 amide bonds. The molecule has 4 heteroatoms. The average molecular weight is 234 g/mol. The molecule has 92 valence electrons. The highest BCUT2D eigenvalue weighted by Crippen LogP contribution is 2.32. The van der Waals surface area contributed by atoms with Crippen LogP contribution in [0.25, 0.3) is 0 Å². The van der Waals surface area contributed by atoms with Crippen molar-refractivity contribution in [1.82, 2.24) is 5.32 Å². The van der Waals surface area contributed by atoms with E-state index in [1.54, 1.807) is 0 Å². The zero-order chi connectivity index (χ0) is 12.3. The summed E-state index contributed by atoms with van der Waals surface area (Å²) < 4.78 is 0. The lowest BCUT2D eigenvalue weighted by Crippen LogP contribution is -2.39. The fraction of sp³-hybridized carbons (Fsp3) is 0.462. The third kappa shape index (κ3) is 3.28. The van der Waals surface area contributed by atoms with Gasteiger partial charge in [-0.25, -0.2) is 0 Å². The Morgan fingerprint density at radius 2 is 2.06 bits per heavy atom. The Bertz CT molecular complexity index is 376. The fourth-order valence-corrected chi connectivity index (χ4v) is 1.77. The van der Waals surface area contributed by atoms with Gasteiger partial charge < -0.3 is 16.2 Å². The summed E-state index contributed by atoms with van der Waals surface area (Å²) >= 11 is 0. The SMILES string of the molecule is NC(C(=O)NCC(O)C1CC1)c1ccccc1. The van der Waals surface area contributed by atoms with Gasteiger partial charge in [-0.2, -0.15) is 0 Å². The minimum atomic E-state index is -0.664. The zero-order valence-corrected chi connectivity index (χ0v) is 9.67. The van der Waals surface area contributed by atoms with Gasteiger partial charge >= 0.3 is 0 Å². The summed E-state index contributed by atoms with van der Waals surface area (Å²) in [6, 6.07) is 8.56. The molecule has 4 nitrogen and oxygen atoms in total. The summed E-state index contributed by atoms with van der Waals surface area (Å²) in [4.78, 5) is 11.7. The van der Waals surface area contributed by atoms with Gasteiger partial charge in [-0.1, -0.05) is 30.3 Å². The van der Waals surface area contributed by atoms with Gasteiger partial charge in [0.2, 0.25) is 5.91 Å². The highest BCUT2D eigenvalue weighted by atomic mass is 16.3. The van der Waals surface area contributed by atoms with Gasteiger partial charge in [0.15, 0.2) is 0 Å². The maximum Gasteiger partial charge on any atom is 0.241 e. The van der Waals surface area contributed by atoms with E-state index in [9.17, 15) is 9.90 Å². The Balaban J connectivity index is 1.82. The molecule has 0 radical (unpaired) electrons. The summed E-state index contributed by atoms with van der Waals surface area (Å²) in [7, 11) is 0. The molecule has 0 saturated heterocycles. The predicted octanol–water partition coefficient (Wildman–Crippen LogP) is 0.573. The largest absolute Gasteiger partial charge is 0.391 e. The summed E-state index contributed by atoms with van der Waals surface area (Å²) in [5.41, 5.74) is 6.61. The van der Waals surface area contributed by atoms with Crippen molar-refractivity contribution < 1.29 is 9.90 Å². The third-order valence-electron chi connectivity index (χ3n) is 3.09. The van der Waals surface area contributed by atoms with Crippen LogP contribution in [0.3, 0.4) is 0 Å². The van der Waals surface area contributed by atoms with E-state index in [-0.39, 0.29) is 5.91 Å². The normalized spacial score (nSPS) is 18.5. The van der Waals surface area contributed by atoms with Crippen LogP contribution in [0.15, 0.2) is 30.3 Å². The quantitative estimate of drug-likeness (QED) is 0.697. The number of nitrogens with two attached hydrogens (primary N) is 1. The van der Waals surface area contributed by atoms with Gasteiger partial charge in [0.05, 0.1) is 6.10 Å². The molecule has 2 rings (SSSR count). The predicted molar refractivity (Wildman–Crippen MR) is 65.1 cm³/mol. The van der Waals surface area contributed by atoms with Gasteiger partial charge in [-0.05, 0) is 24.3 Å². The standard InChI is InChI=1S/C13H18N2O2/c14-12(10-4-2-1-3-5-10)13(17)15-8-11(16)9-6-7-9/h1-5,9,11-12,16H,6-8,14H2,(H,15,17). The topological polar surface area (TPSA) is 75.4 Å². The van der Waals surface area contributed by atoms with Crippen LogP contribution in [-0.2, 0) is 4.79 Å². The molecule has 1 aromatic rings. The van der Waals surface area contributed by atoms with Crippen molar-refractivity contribution in [1.29, 1.82) is 0 Å². The molecule has 2 atom stereocenters. The van der Waals surface area contributed by atoms with Gasteiger partial charge in [0, 0.05) is 6.54 Å². The second kappa shape index (κ2) is 5.29. The second-order valence-electron chi connectivity index (χ2n) is 4.54. The molecule has 1 aromatic carbocycles. The molecule has 17 heavy (non-hydrogen) atoms. The molecular formula is C13H18N2O2. The Morgan fingerprint density at radius 3 is 2.65 bits per heavy atom. The smallest absolute Gasteiger partial charge is 0.241 e. The molecule has 0 aromatic heterocycles. The van der Waals surface area contributed by atoms with Gasteiger partial charge in [-0.15, -0.1) is 0 Å². The molecule has 0 heterocycles. The molecule has 0 bridgehead atoms. The van der Waals surface area contributed by atoms with E-state index >= 15 is 0 Å². The zero-order valence-electron chi connectivity index (χ0n) is 9.67. The number of hydrogen-bond donors (Lipinski definition) is 3. The molecule has 1 aliphatic carbocycles. The average Bonchev–Trinajstić information content (AvgIpc) is 3.20. The molecule has 0 aliphatic heterocycles. The highest BCUT2D eigenvalue weighted by Gasteiger charge is 2.30. The van der Waals surface area contributed by atoms with E-state index < -0.39 is 12.1 Å². The van der Waals surface area contributed by atoms with E-state index in [2.05, 4.69) is 5.32 Å². The first-order valence-electron chi connectivity index (χ1n) is 5.95. The van der Waals surface area contributed by atoms with Crippen LogP contribution in [0, 0.1) is 5.92 Å². The van der Waals surface area contributed by atoms with Crippen LogP contribution < -0.4 is 11.1 Å². The fourth-order valence-electron chi connectivity index (χ4n) is 1.77. The monoisotopic (exact) mass is 234 g/mol. The van der Waals surface area contributed by atoms with Gasteiger partial charge in [-0.3, -0.25) is 4.79 Å². The lowest BCUT2D eigenvalue weighted by Gasteiger charge is -2.15. The lowest BCUT2D eigenvalue weighted by molar-refractivity contribution is -0.123. The van der Waals surface area contributed by atoms with Crippen molar-refractivity contribution in [3.05, 3.63) is 35.9 Å². The molecular weight excluding hydrogens is 216 g/mol. The number of benzene rings is 1. The number of nitrogens with one attached hydrogen (secondary N) is 1. The van der Waals surface area contributed by atoms with Crippen molar-refractivity contribution >= 4 is 5.91 Å². The Hall–Kier alpha value is -1.39. The summed E-state index contributed by atoms with van der Waals surface area (Å²) in [6.07, 6.45) is 1.69. The Morgan fingerprint density at radius 1 is 1.41 bits per heavy atom. The molecule has 0 spiro atoms.